The van der Waals surface area contributed by atoms with E-state index in [4.69, 9.17) is 1.37 Å². The number of benzene rings is 1. The first-order valence-electron chi connectivity index (χ1n) is 3.26. The average molecular weight is 122 g/mol. The van der Waals surface area contributed by atoms with Gasteiger partial charge in [0.25, 0.3) is 0 Å². The van der Waals surface area contributed by atoms with Gasteiger partial charge in [-0.05, 0) is 6.92 Å². The highest BCUT2D eigenvalue weighted by atomic mass is 16.1. The number of rotatable bonds is 1. The number of hydrogen-bond donors (Lipinski definition) is 0. The molecule has 0 radical (unpaired) electrons. The molecule has 0 aliphatic heterocycles. The zero-order valence-corrected chi connectivity index (χ0v) is 5.22. The van der Waals surface area contributed by atoms with E-state index in [2.05, 4.69) is 0 Å². The lowest BCUT2D eigenvalue weighted by Gasteiger charge is -1.89. The van der Waals surface area contributed by atoms with Crippen molar-refractivity contribution in [2.45, 2.75) is 6.92 Å². The molecule has 0 bridgehead atoms. The molecule has 1 aromatic carbocycles. The monoisotopic (exact) mass is 122 g/mol. The van der Waals surface area contributed by atoms with Crippen LogP contribution in [0.3, 0.4) is 0 Å². The van der Waals surface area contributed by atoms with E-state index in [0.717, 1.165) is 5.56 Å². The lowest BCUT2D eigenvalue weighted by Crippen LogP contribution is -1.77. The summed E-state index contributed by atoms with van der Waals surface area (Å²) in [5.74, 6) is 0. The molecule has 0 spiro atoms. The molecule has 1 heteroatoms. The molecule has 0 fully saturated rings. The number of carbonyl (C=O) groups is 1. The van der Waals surface area contributed by atoms with Gasteiger partial charge in [0.2, 0.25) is 0 Å². The van der Waals surface area contributed by atoms with Gasteiger partial charge in [-0.3, -0.25) is 4.79 Å². The number of carbonyl (C=O) groups excluding carboxylic acids is 1. The topological polar surface area (TPSA) is 17.1 Å². The molecule has 0 amide bonds. The third-order valence-electron chi connectivity index (χ3n) is 1.12. The Morgan fingerprint density at radius 3 is 2.89 bits per heavy atom. The maximum atomic E-state index is 10.2. The van der Waals surface area contributed by atoms with Crippen LogP contribution in [0.1, 0.15) is 17.3 Å². The summed E-state index contributed by atoms with van der Waals surface area (Å²) in [7, 11) is 0. The average Bonchev–Trinajstić information content (AvgIpc) is 1.88. The van der Waals surface area contributed by atoms with Gasteiger partial charge < -0.3 is 0 Å². The van der Waals surface area contributed by atoms with E-state index in [1.54, 1.807) is 12.1 Å². The third kappa shape index (κ3) is 1.39. The van der Waals surface area contributed by atoms with E-state index in [-0.39, 0.29) is 0 Å². The molecule has 0 aliphatic rings. The maximum Gasteiger partial charge on any atom is 0.150 e. The van der Waals surface area contributed by atoms with Crippen LogP contribution in [-0.2, 0) is 0 Å². The van der Waals surface area contributed by atoms with Gasteiger partial charge in [-0.2, -0.15) is 0 Å². The van der Waals surface area contributed by atoms with Crippen molar-refractivity contribution in [3.05, 3.63) is 35.4 Å². The van der Waals surface area contributed by atoms with Crippen LogP contribution in [0.5, 0.6) is 0 Å². The zero-order chi connectivity index (χ0) is 7.56. The quantitative estimate of drug-likeness (QED) is 0.519. The molecule has 0 saturated carbocycles. The van der Waals surface area contributed by atoms with E-state index >= 15 is 0 Å². The second kappa shape index (κ2) is 2.44. The van der Waals surface area contributed by atoms with Crippen LogP contribution in [0.25, 0.3) is 0 Å². The molecule has 0 N–H and O–H groups in total. The molecular weight excluding hydrogens is 112 g/mol. The summed E-state index contributed by atoms with van der Waals surface area (Å²) in [6.45, 7) is 1.90. The predicted molar refractivity (Wildman–Crippen MR) is 36.6 cm³/mol. The summed E-state index contributed by atoms with van der Waals surface area (Å²) in [4.78, 5) is 10.2. The van der Waals surface area contributed by atoms with E-state index in [9.17, 15) is 4.79 Å². The van der Waals surface area contributed by atoms with E-state index < -0.39 is 0 Å². The van der Waals surface area contributed by atoms with Crippen LogP contribution in [0.2, 0.25) is 0 Å². The first kappa shape index (κ1) is 4.74. The van der Waals surface area contributed by atoms with Crippen molar-refractivity contribution in [3.8, 4) is 0 Å². The molecule has 1 nitrogen and oxygen atoms in total. The molecule has 0 aliphatic carbocycles. The number of aryl methyl sites for hydroxylation is 1. The lowest BCUT2D eigenvalue weighted by atomic mass is 10.2. The highest BCUT2D eigenvalue weighted by Crippen LogP contribution is 1.98. The summed E-state index contributed by atoms with van der Waals surface area (Å²) >= 11 is 0. The van der Waals surface area contributed by atoms with Gasteiger partial charge in [-0.25, -0.2) is 0 Å². The summed E-state index contributed by atoms with van der Waals surface area (Å²) in [6.07, 6.45) is 0.696. The maximum absolute atomic E-state index is 10.2. The molecule has 0 saturated heterocycles. The van der Waals surface area contributed by atoms with E-state index in [0.29, 0.717) is 17.9 Å². The van der Waals surface area contributed by atoms with Crippen molar-refractivity contribution in [1.29, 1.82) is 0 Å². The van der Waals surface area contributed by atoms with Gasteiger partial charge in [-0.1, -0.05) is 29.8 Å². The molecule has 0 aromatic heterocycles. The molecule has 1 rings (SSSR count). The fourth-order valence-corrected chi connectivity index (χ4v) is 0.588. The van der Waals surface area contributed by atoms with Crippen LogP contribution in [-0.4, -0.2) is 6.29 Å². The van der Waals surface area contributed by atoms with Gasteiger partial charge in [0, 0.05) is 5.56 Å². The highest BCUT2D eigenvalue weighted by molar-refractivity contribution is 5.74. The fraction of sp³-hybridized carbons (Fsp3) is 0.125. The first-order valence-corrected chi connectivity index (χ1v) is 2.76. The summed E-state index contributed by atoms with van der Waals surface area (Å²) in [6, 6.07) is 5.45. The Bertz CT molecular complexity index is 255. The van der Waals surface area contributed by atoms with Crippen LogP contribution >= 0.6 is 0 Å². The molecule has 0 atom stereocenters. The largest absolute Gasteiger partial charge is 0.298 e. The minimum absolute atomic E-state index is 0.301. The predicted octanol–water partition coefficient (Wildman–Crippen LogP) is 1.81. The van der Waals surface area contributed by atoms with Crippen molar-refractivity contribution >= 4 is 6.29 Å². The van der Waals surface area contributed by atoms with Crippen molar-refractivity contribution in [2.75, 3.05) is 0 Å². The fourth-order valence-electron chi connectivity index (χ4n) is 0.588. The normalized spacial score (nSPS) is 10.6. The number of aldehydes is 1. The van der Waals surface area contributed by atoms with Gasteiger partial charge in [0.05, 0.1) is 1.37 Å². The highest BCUT2D eigenvalue weighted by Gasteiger charge is 1.85. The van der Waals surface area contributed by atoms with E-state index in [1.165, 1.54) is 0 Å². The lowest BCUT2D eigenvalue weighted by molar-refractivity contribution is 0.112. The Morgan fingerprint density at radius 2 is 2.33 bits per heavy atom. The Hall–Kier alpha value is -1.11. The Morgan fingerprint density at radius 1 is 1.56 bits per heavy atom. The van der Waals surface area contributed by atoms with Gasteiger partial charge in [0.15, 0.2) is 0 Å². The second-order valence-electron chi connectivity index (χ2n) is 1.94. The van der Waals surface area contributed by atoms with Crippen molar-refractivity contribution in [3.63, 3.8) is 0 Å². The second-order valence-corrected chi connectivity index (χ2v) is 1.94. The van der Waals surface area contributed by atoms with Crippen LogP contribution in [0, 0.1) is 6.92 Å². The number of hydrogen-bond acceptors (Lipinski definition) is 1. The van der Waals surface area contributed by atoms with Gasteiger partial charge in [-0.15, -0.1) is 0 Å². The standard InChI is InChI=1S/C8H8O/c1-7-2-4-8(6-9)5-3-7/h2-6H,1H3/i4T. The van der Waals surface area contributed by atoms with Crippen LogP contribution < -0.4 is 0 Å². The molecule has 0 heterocycles. The SMILES string of the molecule is [3H]c1cc(C)ccc1C=O. The molecular formula is C8H8O. The van der Waals surface area contributed by atoms with Crippen molar-refractivity contribution in [1.82, 2.24) is 0 Å². The first-order chi connectivity index (χ1) is 4.74. The Kier molecular flexibility index (Phi) is 1.29. The van der Waals surface area contributed by atoms with Crippen LogP contribution in [0.15, 0.2) is 24.2 Å². The van der Waals surface area contributed by atoms with E-state index in [1.807, 2.05) is 13.0 Å². The molecule has 0 unspecified atom stereocenters. The van der Waals surface area contributed by atoms with Crippen molar-refractivity contribution < 1.29 is 6.17 Å². The van der Waals surface area contributed by atoms with Gasteiger partial charge >= 0.3 is 0 Å². The molecule has 9 heavy (non-hydrogen) atoms. The summed E-state index contributed by atoms with van der Waals surface area (Å²) < 4.78 is 7.28. The molecule has 1 aromatic rings. The van der Waals surface area contributed by atoms with Crippen LogP contribution in [0.4, 0.5) is 0 Å². The summed E-state index contributed by atoms with van der Waals surface area (Å²) in [5.41, 5.74) is 1.46. The Labute approximate surface area is 55.7 Å². The smallest absolute Gasteiger partial charge is 0.150 e. The zero-order valence-electron chi connectivity index (χ0n) is 6.22. The van der Waals surface area contributed by atoms with Crippen molar-refractivity contribution in [2.24, 2.45) is 0 Å². The Balaban J connectivity index is 3.19. The minimum Gasteiger partial charge on any atom is -0.298 e. The summed E-state index contributed by atoms with van der Waals surface area (Å²) in [5, 5.41) is 0. The molecule has 46 valence electrons. The minimum atomic E-state index is 0.301. The third-order valence-corrected chi connectivity index (χ3v) is 1.12. The van der Waals surface area contributed by atoms with Gasteiger partial charge in [0.1, 0.15) is 6.29 Å².